The van der Waals surface area contributed by atoms with Crippen LogP contribution >= 0.6 is 0 Å². The van der Waals surface area contributed by atoms with Gasteiger partial charge in [-0.1, -0.05) is 6.08 Å². The Morgan fingerprint density at radius 1 is 1.58 bits per heavy atom. The summed E-state index contributed by atoms with van der Waals surface area (Å²) in [5, 5.41) is 21.9. The van der Waals surface area contributed by atoms with Gasteiger partial charge in [-0.05, 0) is 13.3 Å². The van der Waals surface area contributed by atoms with Crippen molar-refractivity contribution in [2.45, 2.75) is 50.8 Å². The first-order valence-electron chi connectivity index (χ1n) is 6.55. The van der Waals surface area contributed by atoms with E-state index >= 15 is 0 Å². The number of hydrogen-bond donors (Lipinski definition) is 3. The molecule has 3 N–H and O–H groups in total. The van der Waals surface area contributed by atoms with E-state index < -0.39 is 18.5 Å². The molecule has 6 nitrogen and oxygen atoms in total. The number of allylic oxidation sites excluding steroid dienone is 1. The van der Waals surface area contributed by atoms with Crippen LogP contribution in [0.1, 0.15) is 26.2 Å². The fourth-order valence-corrected chi connectivity index (χ4v) is 1.85. The minimum Gasteiger partial charge on any atom is -0.390 e. The summed E-state index contributed by atoms with van der Waals surface area (Å²) >= 11 is 0. The highest BCUT2D eigenvalue weighted by molar-refractivity contribution is 5.75. The summed E-state index contributed by atoms with van der Waals surface area (Å²) in [6.07, 6.45) is 0.227. The molecule has 0 aromatic heterocycles. The summed E-state index contributed by atoms with van der Waals surface area (Å²) in [7, 11) is 0. The molecule has 0 bridgehead atoms. The molecule has 0 spiro atoms. The third kappa shape index (κ3) is 5.69. The number of aliphatic hydroxyl groups excluding tert-OH is 2. The van der Waals surface area contributed by atoms with Crippen LogP contribution in [0.5, 0.6) is 0 Å². The van der Waals surface area contributed by atoms with Gasteiger partial charge in [0.05, 0.1) is 18.8 Å². The Labute approximate surface area is 113 Å². The van der Waals surface area contributed by atoms with Gasteiger partial charge in [0.15, 0.2) is 6.29 Å². The Bertz CT molecular complexity index is 297. The quantitative estimate of drug-likeness (QED) is 0.447. The molecule has 0 aromatic carbocycles. The Kier molecular flexibility index (Phi) is 7.01. The van der Waals surface area contributed by atoms with E-state index in [1.807, 2.05) is 6.92 Å². The lowest BCUT2D eigenvalue weighted by atomic mass is 10.0. The fraction of sp³-hybridized carbons (Fsp3) is 0.769. The lowest BCUT2D eigenvalue weighted by Crippen LogP contribution is -2.49. The molecule has 19 heavy (non-hydrogen) atoms. The van der Waals surface area contributed by atoms with Crippen molar-refractivity contribution >= 4 is 5.91 Å². The van der Waals surface area contributed by atoms with Crippen LogP contribution in [-0.4, -0.2) is 53.9 Å². The second-order valence-corrected chi connectivity index (χ2v) is 4.66. The molecule has 0 unspecified atom stereocenters. The van der Waals surface area contributed by atoms with Crippen molar-refractivity contribution < 1.29 is 24.5 Å². The minimum atomic E-state index is -1.05. The number of rotatable bonds is 7. The lowest BCUT2D eigenvalue weighted by molar-refractivity contribution is -0.262. The van der Waals surface area contributed by atoms with Gasteiger partial charge in [0, 0.05) is 19.4 Å². The van der Waals surface area contributed by atoms with Gasteiger partial charge in [-0.2, -0.15) is 0 Å². The van der Waals surface area contributed by atoms with Crippen LogP contribution < -0.4 is 5.32 Å². The van der Waals surface area contributed by atoms with Crippen LogP contribution in [0.25, 0.3) is 0 Å². The minimum absolute atomic E-state index is 0.0676. The molecule has 0 aromatic rings. The monoisotopic (exact) mass is 273 g/mol. The Balaban J connectivity index is 2.17. The first kappa shape index (κ1) is 16.1. The SMILES string of the molecule is C=CCCC(=O)NCCO[C@@H]1O[C@@H](C)C[C@@H](O)[C@@H]1O. The normalized spacial score (nSPS) is 30.9. The smallest absolute Gasteiger partial charge is 0.220 e. The molecule has 1 aliphatic heterocycles. The summed E-state index contributed by atoms with van der Waals surface area (Å²) in [6.45, 7) is 5.91. The molecule has 1 saturated heterocycles. The van der Waals surface area contributed by atoms with Crippen molar-refractivity contribution in [3.63, 3.8) is 0 Å². The van der Waals surface area contributed by atoms with Crippen molar-refractivity contribution in [2.75, 3.05) is 13.2 Å². The largest absolute Gasteiger partial charge is 0.390 e. The van der Waals surface area contributed by atoms with Gasteiger partial charge in [-0.25, -0.2) is 0 Å². The molecule has 4 atom stereocenters. The molecule has 1 rings (SSSR count). The van der Waals surface area contributed by atoms with E-state index in [2.05, 4.69) is 11.9 Å². The molecule has 0 saturated carbocycles. The number of carbonyl (C=O) groups is 1. The van der Waals surface area contributed by atoms with E-state index in [1.54, 1.807) is 6.08 Å². The number of ether oxygens (including phenoxy) is 2. The van der Waals surface area contributed by atoms with Crippen LogP contribution in [-0.2, 0) is 14.3 Å². The van der Waals surface area contributed by atoms with E-state index in [0.717, 1.165) is 0 Å². The highest BCUT2D eigenvalue weighted by Gasteiger charge is 2.35. The molecule has 1 heterocycles. The van der Waals surface area contributed by atoms with Crippen LogP contribution in [0.15, 0.2) is 12.7 Å². The second-order valence-electron chi connectivity index (χ2n) is 4.66. The zero-order valence-corrected chi connectivity index (χ0v) is 11.2. The van der Waals surface area contributed by atoms with Crippen molar-refractivity contribution in [2.24, 2.45) is 0 Å². The maximum atomic E-state index is 11.3. The van der Waals surface area contributed by atoms with Gasteiger partial charge in [0.1, 0.15) is 6.10 Å². The van der Waals surface area contributed by atoms with Gasteiger partial charge < -0.3 is 25.0 Å². The van der Waals surface area contributed by atoms with Crippen LogP contribution in [0.4, 0.5) is 0 Å². The zero-order chi connectivity index (χ0) is 14.3. The van der Waals surface area contributed by atoms with E-state index in [4.69, 9.17) is 9.47 Å². The van der Waals surface area contributed by atoms with Crippen molar-refractivity contribution in [1.82, 2.24) is 5.32 Å². The third-order valence-electron chi connectivity index (χ3n) is 2.89. The van der Waals surface area contributed by atoms with Crippen molar-refractivity contribution in [3.8, 4) is 0 Å². The van der Waals surface area contributed by atoms with E-state index in [0.29, 0.717) is 25.8 Å². The van der Waals surface area contributed by atoms with Crippen LogP contribution in [0.3, 0.4) is 0 Å². The summed E-state index contributed by atoms with van der Waals surface area (Å²) in [6, 6.07) is 0. The van der Waals surface area contributed by atoms with Crippen LogP contribution in [0.2, 0.25) is 0 Å². The standard InChI is InChI=1S/C13H23NO5/c1-3-4-5-11(16)14-6-7-18-13-12(17)10(15)8-9(2)19-13/h3,9-10,12-13,15,17H,1,4-8H2,2H3,(H,14,16)/t9-,10+,12-,13+/m0/s1. The fourth-order valence-electron chi connectivity index (χ4n) is 1.85. The second kappa shape index (κ2) is 8.27. The molecule has 6 heteroatoms. The van der Waals surface area contributed by atoms with Crippen molar-refractivity contribution in [3.05, 3.63) is 12.7 Å². The topological polar surface area (TPSA) is 88.0 Å². The highest BCUT2D eigenvalue weighted by atomic mass is 16.7. The average Bonchev–Trinajstić information content (AvgIpc) is 2.37. The molecule has 1 amide bonds. The predicted octanol–water partition coefficient (Wildman–Crippen LogP) is -0.0579. The molecule has 1 aliphatic rings. The molecule has 0 aliphatic carbocycles. The number of amides is 1. The van der Waals surface area contributed by atoms with E-state index in [-0.39, 0.29) is 18.6 Å². The first-order valence-corrected chi connectivity index (χ1v) is 6.55. The van der Waals surface area contributed by atoms with Crippen LogP contribution in [0, 0.1) is 0 Å². The van der Waals surface area contributed by atoms with Gasteiger partial charge >= 0.3 is 0 Å². The summed E-state index contributed by atoms with van der Waals surface area (Å²) < 4.78 is 10.7. The number of nitrogens with one attached hydrogen (secondary N) is 1. The molecule has 1 fully saturated rings. The number of hydrogen-bond acceptors (Lipinski definition) is 5. The molecular formula is C13H23NO5. The Hall–Kier alpha value is -0.950. The van der Waals surface area contributed by atoms with E-state index in [1.165, 1.54) is 0 Å². The summed E-state index contributed by atoms with van der Waals surface area (Å²) in [4.78, 5) is 11.3. The molecule has 0 radical (unpaired) electrons. The van der Waals surface area contributed by atoms with Crippen molar-refractivity contribution in [1.29, 1.82) is 0 Å². The third-order valence-corrected chi connectivity index (χ3v) is 2.89. The average molecular weight is 273 g/mol. The number of carbonyl (C=O) groups excluding carboxylic acids is 1. The first-order chi connectivity index (χ1) is 9.04. The van der Waals surface area contributed by atoms with Gasteiger partial charge in [-0.3, -0.25) is 4.79 Å². The highest BCUT2D eigenvalue weighted by Crippen LogP contribution is 2.20. The number of aliphatic hydroxyl groups is 2. The summed E-state index contributed by atoms with van der Waals surface area (Å²) in [5.41, 5.74) is 0. The van der Waals surface area contributed by atoms with E-state index in [9.17, 15) is 15.0 Å². The zero-order valence-electron chi connectivity index (χ0n) is 11.2. The predicted molar refractivity (Wildman–Crippen MR) is 69.4 cm³/mol. The maximum Gasteiger partial charge on any atom is 0.220 e. The maximum absolute atomic E-state index is 11.3. The van der Waals surface area contributed by atoms with Gasteiger partial charge in [0.25, 0.3) is 0 Å². The van der Waals surface area contributed by atoms with Gasteiger partial charge in [0.2, 0.25) is 5.91 Å². The van der Waals surface area contributed by atoms with Gasteiger partial charge in [-0.15, -0.1) is 6.58 Å². The Morgan fingerprint density at radius 2 is 2.32 bits per heavy atom. The molecular weight excluding hydrogens is 250 g/mol. The lowest BCUT2D eigenvalue weighted by Gasteiger charge is -2.35. The molecule has 110 valence electrons. The Morgan fingerprint density at radius 3 is 3.00 bits per heavy atom. The summed E-state index contributed by atoms with van der Waals surface area (Å²) in [5.74, 6) is -0.0676.